The minimum absolute atomic E-state index is 0.0467. The van der Waals surface area contributed by atoms with Crippen LogP contribution in [0.5, 0.6) is 5.75 Å². The van der Waals surface area contributed by atoms with Crippen molar-refractivity contribution in [3.05, 3.63) is 29.3 Å². The van der Waals surface area contributed by atoms with E-state index >= 15 is 0 Å². The molecule has 86 valence electrons. The number of benzene rings is 1. The maximum absolute atomic E-state index is 12.0. The van der Waals surface area contributed by atoms with E-state index in [0.717, 1.165) is 12.0 Å². The summed E-state index contributed by atoms with van der Waals surface area (Å²) in [7, 11) is 0. The Hall–Kier alpha value is -1.55. The van der Waals surface area contributed by atoms with E-state index in [1.165, 1.54) is 0 Å². The maximum atomic E-state index is 12.0. The number of carbonyl (C=O) groups is 1. The fourth-order valence-corrected chi connectivity index (χ4v) is 1.96. The molecule has 0 bridgehead atoms. The van der Waals surface area contributed by atoms with Gasteiger partial charge in [-0.05, 0) is 31.0 Å². The Balaban J connectivity index is 2.21. The largest absolute Gasteiger partial charge is 0.507 e. The first-order valence-corrected chi connectivity index (χ1v) is 5.42. The minimum Gasteiger partial charge on any atom is -0.507 e. The molecule has 2 rings (SSSR count). The van der Waals surface area contributed by atoms with E-state index in [1.54, 1.807) is 17.0 Å². The average Bonchev–Trinajstić information content (AvgIpc) is 2.64. The van der Waals surface area contributed by atoms with E-state index in [-0.39, 0.29) is 17.7 Å². The third-order valence-electron chi connectivity index (χ3n) is 2.90. The number of phenolic OH excluding ortho intramolecular Hbond substituents is 1. The molecule has 1 heterocycles. The standard InChI is InChI=1S/C12H16N2O2/c1-8-2-3-10(11(15)6-8)12(16)14-5-4-9(13)7-14/h2-3,6,9,15H,4-5,7,13H2,1H3/t9-/m0/s1. The average molecular weight is 220 g/mol. The van der Waals surface area contributed by atoms with Gasteiger partial charge in [-0.25, -0.2) is 0 Å². The van der Waals surface area contributed by atoms with Gasteiger partial charge in [-0.1, -0.05) is 6.07 Å². The summed E-state index contributed by atoms with van der Waals surface area (Å²) in [6, 6.07) is 5.15. The number of hydrogen-bond acceptors (Lipinski definition) is 3. The van der Waals surface area contributed by atoms with Crippen LogP contribution in [0.15, 0.2) is 18.2 Å². The van der Waals surface area contributed by atoms with E-state index in [2.05, 4.69) is 0 Å². The van der Waals surface area contributed by atoms with Crippen LogP contribution >= 0.6 is 0 Å². The summed E-state index contributed by atoms with van der Waals surface area (Å²) >= 11 is 0. The van der Waals surface area contributed by atoms with Crippen molar-refractivity contribution in [3.63, 3.8) is 0 Å². The Morgan fingerprint density at radius 1 is 1.56 bits per heavy atom. The molecule has 3 N–H and O–H groups in total. The number of aromatic hydroxyl groups is 1. The summed E-state index contributed by atoms with van der Waals surface area (Å²) in [5.74, 6) is -0.0871. The van der Waals surface area contributed by atoms with Crippen molar-refractivity contribution < 1.29 is 9.90 Å². The van der Waals surface area contributed by atoms with Crippen molar-refractivity contribution in [2.24, 2.45) is 5.73 Å². The van der Waals surface area contributed by atoms with E-state index in [1.807, 2.05) is 13.0 Å². The van der Waals surface area contributed by atoms with Gasteiger partial charge >= 0.3 is 0 Å². The molecule has 0 radical (unpaired) electrons. The Morgan fingerprint density at radius 2 is 2.31 bits per heavy atom. The first-order chi connectivity index (χ1) is 7.58. The van der Waals surface area contributed by atoms with E-state index < -0.39 is 0 Å². The number of amides is 1. The molecule has 1 atom stereocenters. The number of hydrogen-bond donors (Lipinski definition) is 2. The Morgan fingerprint density at radius 3 is 2.88 bits per heavy atom. The normalized spacial score (nSPS) is 20.1. The third kappa shape index (κ3) is 2.02. The number of phenols is 1. The van der Waals surface area contributed by atoms with Crippen molar-refractivity contribution in [1.82, 2.24) is 4.90 Å². The molecule has 0 aromatic heterocycles. The van der Waals surface area contributed by atoms with Crippen molar-refractivity contribution in [2.75, 3.05) is 13.1 Å². The molecule has 0 spiro atoms. The van der Waals surface area contributed by atoms with Crippen LogP contribution in [-0.4, -0.2) is 35.0 Å². The van der Waals surface area contributed by atoms with Crippen LogP contribution in [0.3, 0.4) is 0 Å². The second-order valence-corrected chi connectivity index (χ2v) is 4.32. The van der Waals surface area contributed by atoms with Gasteiger partial charge in [0.25, 0.3) is 5.91 Å². The van der Waals surface area contributed by atoms with Crippen LogP contribution < -0.4 is 5.73 Å². The van der Waals surface area contributed by atoms with Crippen LogP contribution in [0.4, 0.5) is 0 Å². The van der Waals surface area contributed by atoms with Crippen LogP contribution in [0, 0.1) is 6.92 Å². The molecule has 0 unspecified atom stereocenters. The fraction of sp³-hybridized carbons (Fsp3) is 0.417. The molecule has 1 aliphatic rings. The first kappa shape index (κ1) is 11.0. The lowest BCUT2D eigenvalue weighted by atomic mass is 10.1. The van der Waals surface area contributed by atoms with Crippen LogP contribution in [-0.2, 0) is 0 Å². The number of rotatable bonds is 1. The fourth-order valence-electron chi connectivity index (χ4n) is 1.96. The zero-order chi connectivity index (χ0) is 11.7. The molecule has 1 aromatic carbocycles. The summed E-state index contributed by atoms with van der Waals surface area (Å²) in [6.07, 6.45) is 0.832. The molecule has 1 aromatic rings. The highest BCUT2D eigenvalue weighted by molar-refractivity contribution is 5.97. The number of nitrogens with two attached hydrogens (primary N) is 1. The Bertz CT molecular complexity index is 417. The van der Waals surface area contributed by atoms with Gasteiger partial charge in [0, 0.05) is 19.1 Å². The molecule has 4 heteroatoms. The third-order valence-corrected chi connectivity index (χ3v) is 2.90. The Labute approximate surface area is 94.7 Å². The molecule has 1 amide bonds. The smallest absolute Gasteiger partial charge is 0.257 e. The summed E-state index contributed by atoms with van der Waals surface area (Å²) in [4.78, 5) is 13.7. The molecule has 0 aliphatic carbocycles. The highest BCUT2D eigenvalue weighted by Gasteiger charge is 2.25. The number of likely N-dealkylation sites (tertiary alicyclic amines) is 1. The number of aryl methyl sites for hydroxylation is 1. The van der Waals surface area contributed by atoms with E-state index in [4.69, 9.17) is 5.73 Å². The van der Waals surface area contributed by atoms with E-state index in [9.17, 15) is 9.90 Å². The molecule has 4 nitrogen and oxygen atoms in total. The topological polar surface area (TPSA) is 66.6 Å². The molecular formula is C12H16N2O2. The lowest BCUT2D eigenvalue weighted by Gasteiger charge is -2.16. The van der Waals surface area contributed by atoms with Gasteiger partial charge in [-0.3, -0.25) is 4.79 Å². The molecule has 1 saturated heterocycles. The second kappa shape index (κ2) is 4.14. The predicted molar refractivity (Wildman–Crippen MR) is 61.3 cm³/mol. The van der Waals surface area contributed by atoms with Gasteiger partial charge in [-0.15, -0.1) is 0 Å². The predicted octanol–water partition coefficient (Wildman–Crippen LogP) is 0.874. The molecule has 16 heavy (non-hydrogen) atoms. The summed E-state index contributed by atoms with van der Waals surface area (Å²) in [6.45, 7) is 3.12. The second-order valence-electron chi connectivity index (χ2n) is 4.32. The van der Waals surface area contributed by atoms with Gasteiger partial charge < -0.3 is 15.7 Å². The summed E-state index contributed by atoms with van der Waals surface area (Å²) in [5.41, 5.74) is 7.04. The quantitative estimate of drug-likeness (QED) is 0.738. The zero-order valence-electron chi connectivity index (χ0n) is 9.31. The number of nitrogens with zero attached hydrogens (tertiary/aromatic N) is 1. The highest BCUT2D eigenvalue weighted by Crippen LogP contribution is 2.21. The molecule has 1 fully saturated rings. The van der Waals surface area contributed by atoms with Crippen molar-refractivity contribution in [1.29, 1.82) is 0 Å². The van der Waals surface area contributed by atoms with Crippen molar-refractivity contribution in [3.8, 4) is 5.75 Å². The summed E-state index contributed by atoms with van der Waals surface area (Å²) in [5, 5.41) is 9.71. The first-order valence-electron chi connectivity index (χ1n) is 5.42. The lowest BCUT2D eigenvalue weighted by Crippen LogP contribution is -2.31. The SMILES string of the molecule is Cc1ccc(C(=O)N2CC[C@H](N)C2)c(O)c1. The van der Waals surface area contributed by atoms with Crippen molar-refractivity contribution >= 4 is 5.91 Å². The molecule has 1 aliphatic heterocycles. The zero-order valence-corrected chi connectivity index (χ0v) is 9.31. The maximum Gasteiger partial charge on any atom is 0.257 e. The van der Waals surface area contributed by atoms with Crippen molar-refractivity contribution in [2.45, 2.75) is 19.4 Å². The minimum atomic E-state index is -0.134. The number of carbonyl (C=O) groups excluding carboxylic acids is 1. The highest BCUT2D eigenvalue weighted by atomic mass is 16.3. The van der Waals surface area contributed by atoms with Gasteiger partial charge in [-0.2, -0.15) is 0 Å². The van der Waals surface area contributed by atoms with Crippen LogP contribution in [0.2, 0.25) is 0 Å². The monoisotopic (exact) mass is 220 g/mol. The summed E-state index contributed by atoms with van der Waals surface area (Å²) < 4.78 is 0. The molecule has 0 saturated carbocycles. The van der Waals surface area contributed by atoms with Crippen LogP contribution in [0.25, 0.3) is 0 Å². The lowest BCUT2D eigenvalue weighted by molar-refractivity contribution is 0.0788. The Kier molecular flexibility index (Phi) is 2.83. The van der Waals surface area contributed by atoms with Gasteiger partial charge in [0.05, 0.1) is 5.56 Å². The van der Waals surface area contributed by atoms with Gasteiger partial charge in [0.15, 0.2) is 0 Å². The van der Waals surface area contributed by atoms with E-state index in [0.29, 0.717) is 18.7 Å². The molecular weight excluding hydrogens is 204 g/mol. The van der Waals surface area contributed by atoms with Gasteiger partial charge in [0.2, 0.25) is 0 Å². The van der Waals surface area contributed by atoms with Crippen LogP contribution in [0.1, 0.15) is 22.3 Å². The van der Waals surface area contributed by atoms with Gasteiger partial charge in [0.1, 0.15) is 5.75 Å².